The Kier molecular flexibility index (Phi) is 5.18. The maximum Gasteiger partial charge on any atom is 0.322 e. The molecular weight excluding hydrogens is 358 g/mol. The molecule has 0 atom stereocenters. The second-order valence-corrected chi connectivity index (χ2v) is 6.02. The minimum absolute atomic E-state index is 0.143. The van der Waals surface area contributed by atoms with Crippen LogP contribution in [0.4, 0.5) is 16.2 Å². The van der Waals surface area contributed by atoms with Crippen LogP contribution in [-0.2, 0) is 11.3 Å². The van der Waals surface area contributed by atoms with Gasteiger partial charge in [-0.1, -0.05) is 29.8 Å². The number of carbonyl (C=O) groups excluding carboxylic acids is 2. The van der Waals surface area contributed by atoms with Crippen LogP contribution in [-0.4, -0.2) is 32.7 Å². The number of anilines is 2. The number of fused-ring (bicyclic) bond motifs is 1. The molecule has 0 saturated carbocycles. The van der Waals surface area contributed by atoms with Crippen LogP contribution in [0.3, 0.4) is 0 Å². The van der Waals surface area contributed by atoms with Gasteiger partial charge in [0.05, 0.1) is 30.6 Å². The molecule has 0 unspecified atom stereocenters. The van der Waals surface area contributed by atoms with Gasteiger partial charge in [0.25, 0.3) is 0 Å². The molecule has 1 heterocycles. The average molecular weight is 376 g/mol. The highest BCUT2D eigenvalue weighted by Crippen LogP contribution is 2.36. The molecule has 26 heavy (non-hydrogen) atoms. The number of benzene rings is 2. The van der Waals surface area contributed by atoms with Gasteiger partial charge in [-0.15, -0.1) is 0 Å². The standard InChI is InChI=1S/C18H18ClN3O4/c1-25-15-8-16(26-2)13(7-12(15)19)21-17(23)10-22-14-6-4-3-5-11(14)9-20-18(22)24/h3-8H,9-10H2,1-2H3,(H,20,24)(H,21,23). The molecule has 0 fully saturated rings. The van der Waals surface area contributed by atoms with Crippen LogP contribution in [0.1, 0.15) is 5.56 Å². The lowest BCUT2D eigenvalue weighted by Gasteiger charge is -2.29. The monoisotopic (exact) mass is 375 g/mol. The van der Waals surface area contributed by atoms with Crippen molar-refractivity contribution in [3.05, 3.63) is 47.0 Å². The van der Waals surface area contributed by atoms with Crippen molar-refractivity contribution >= 4 is 34.9 Å². The van der Waals surface area contributed by atoms with Gasteiger partial charge in [-0.2, -0.15) is 0 Å². The molecule has 1 aliphatic rings. The summed E-state index contributed by atoms with van der Waals surface area (Å²) in [4.78, 5) is 26.1. The van der Waals surface area contributed by atoms with E-state index in [2.05, 4.69) is 10.6 Å². The normalized spacial score (nSPS) is 12.9. The SMILES string of the molecule is COc1cc(OC)c(NC(=O)CN2C(=O)NCc3ccccc32)cc1Cl. The molecule has 8 heteroatoms. The molecule has 0 aromatic heterocycles. The minimum Gasteiger partial charge on any atom is -0.495 e. The third-order valence-electron chi connectivity index (χ3n) is 4.01. The maximum absolute atomic E-state index is 12.5. The highest BCUT2D eigenvalue weighted by Gasteiger charge is 2.25. The van der Waals surface area contributed by atoms with Crippen molar-refractivity contribution in [2.45, 2.75) is 6.54 Å². The number of nitrogens with zero attached hydrogens (tertiary/aromatic N) is 1. The van der Waals surface area contributed by atoms with Crippen LogP contribution < -0.4 is 25.0 Å². The van der Waals surface area contributed by atoms with Gasteiger partial charge >= 0.3 is 6.03 Å². The molecule has 0 aliphatic carbocycles. The summed E-state index contributed by atoms with van der Waals surface area (Å²) in [6.07, 6.45) is 0. The van der Waals surface area contributed by atoms with E-state index in [0.29, 0.717) is 34.4 Å². The molecule has 3 rings (SSSR count). The molecule has 2 aromatic rings. The van der Waals surface area contributed by atoms with E-state index in [1.54, 1.807) is 12.1 Å². The predicted molar refractivity (Wildman–Crippen MR) is 99.2 cm³/mol. The largest absolute Gasteiger partial charge is 0.495 e. The van der Waals surface area contributed by atoms with E-state index in [1.165, 1.54) is 19.1 Å². The van der Waals surface area contributed by atoms with Crippen molar-refractivity contribution in [2.24, 2.45) is 0 Å². The number of hydrogen-bond acceptors (Lipinski definition) is 4. The van der Waals surface area contributed by atoms with Crippen LogP contribution in [0.2, 0.25) is 5.02 Å². The van der Waals surface area contributed by atoms with Crippen molar-refractivity contribution in [1.82, 2.24) is 5.32 Å². The fourth-order valence-corrected chi connectivity index (χ4v) is 2.99. The van der Waals surface area contributed by atoms with E-state index < -0.39 is 0 Å². The molecule has 3 amide bonds. The smallest absolute Gasteiger partial charge is 0.322 e. The van der Waals surface area contributed by atoms with E-state index in [-0.39, 0.29) is 18.5 Å². The number of rotatable bonds is 5. The number of hydrogen-bond donors (Lipinski definition) is 2. The summed E-state index contributed by atoms with van der Waals surface area (Å²) in [6, 6.07) is 10.2. The van der Waals surface area contributed by atoms with Crippen LogP contribution in [0.15, 0.2) is 36.4 Å². The highest BCUT2D eigenvalue weighted by atomic mass is 35.5. The Labute approximate surface area is 155 Å². The predicted octanol–water partition coefficient (Wildman–Crippen LogP) is 3.03. The Morgan fingerprint density at radius 1 is 1.23 bits per heavy atom. The van der Waals surface area contributed by atoms with Gasteiger partial charge in [0, 0.05) is 12.6 Å². The summed E-state index contributed by atoms with van der Waals surface area (Å²) in [5.74, 6) is 0.463. The van der Waals surface area contributed by atoms with E-state index >= 15 is 0 Å². The molecule has 2 aromatic carbocycles. The first-order valence-corrected chi connectivity index (χ1v) is 8.26. The minimum atomic E-state index is -0.378. The first-order valence-electron chi connectivity index (χ1n) is 7.88. The summed E-state index contributed by atoms with van der Waals surface area (Å²) < 4.78 is 10.4. The quantitative estimate of drug-likeness (QED) is 0.841. The van der Waals surface area contributed by atoms with Crippen LogP contribution >= 0.6 is 11.6 Å². The number of nitrogens with one attached hydrogen (secondary N) is 2. The molecular formula is C18H18ClN3O4. The fraction of sp³-hybridized carbons (Fsp3) is 0.222. The van der Waals surface area contributed by atoms with E-state index in [9.17, 15) is 9.59 Å². The van der Waals surface area contributed by atoms with Crippen LogP contribution in [0.5, 0.6) is 11.5 Å². The lowest BCUT2D eigenvalue weighted by atomic mass is 10.1. The van der Waals surface area contributed by atoms with Crippen molar-refractivity contribution in [1.29, 1.82) is 0 Å². The molecule has 0 saturated heterocycles. The molecule has 1 aliphatic heterocycles. The lowest BCUT2D eigenvalue weighted by Crippen LogP contribution is -2.47. The Morgan fingerprint density at radius 2 is 1.96 bits per heavy atom. The van der Waals surface area contributed by atoms with Gasteiger partial charge in [0.15, 0.2) is 0 Å². The number of amides is 3. The first-order chi connectivity index (χ1) is 12.5. The van der Waals surface area contributed by atoms with Gasteiger partial charge in [-0.05, 0) is 17.7 Å². The summed E-state index contributed by atoms with van der Waals surface area (Å²) >= 11 is 6.12. The van der Waals surface area contributed by atoms with Crippen molar-refractivity contribution < 1.29 is 19.1 Å². The summed E-state index contributed by atoms with van der Waals surface area (Å²) in [5, 5.41) is 5.81. The fourth-order valence-electron chi connectivity index (χ4n) is 2.75. The van der Waals surface area contributed by atoms with Crippen molar-refractivity contribution in [3.63, 3.8) is 0 Å². The second-order valence-electron chi connectivity index (χ2n) is 5.61. The number of urea groups is 1. The first kappa shape index (κ1) is 17.9. The zero-order valence-electron chi connectivity index (χ0n) is 14.3. The van der Waals surface area contributed by atoms with Gasteiger partial charge in [-0.25, -0.2) is 4.79 Å². The topological polar surface area (TPSA) is 79.9 Å². The zero-order valence-corrected chi connectivity index (χ0v) is 15.1. The summed E-state index contributed by atoms with van der Waals surface area (Å²) in [7, 11) is 2.97. The summed E-state index contributed by atoms with van der Waals surface area (Å²) in [6.45, 7) is 0.296. The Morgan fingerprint density at radius 3 is 2.69 bits per heavy atom. The van der Waals surface area contributed by atoms with E-state index in [4.69, 9.17) is 21.1 Å². The number of methoxy groups -OCH3 is 2. The number of carbonyl (C=O) groups is 2. The third kappa shape index (κ3) is 3.52. The molecule has 0 bridgehead atoms. The van der Waals surface area contributed by atoms with Crippen LogP contribution in [0.25, 0.3) is 0 Å². The van der Waals surface area contributed by atoms with Crippen molar-refractivity contribution in [3.8, 4) is 11.5 Å². The Bertz CT molecular complexity index is 856. The number of halogens is 1. The molecule has 0 radical (unpaired) electrons. The number of para-hydroxylation sites is 1. The maximum atomic E-state index is 12.5. The second kappa shape index (κ2) is 7.53. The van der Waals surface area contributed by atoms with Gasteiger partial charge in [0.2, 0.25) is 5.91 Å². The Hall–Kier alpha value is -2.93. The van der Waals surface area contributed by atoms with Gasteiger partial charge < -0.3 is 20.1 Å². The van der Waals surface area contributed by atoms with Crippen LogP contribution in [0, 0.1) is 0 Å². The molecule has 2 N–H and O–H groups in total. The molecule has 136 valence electrons. The third-order valence-corrected chi connectivity index (χ3v) is 4.30. The Balaban J connectivity index is 1.80. The zero-order chi connectivity index (χ0) is 18.7. The molecule has 7 nitrogen and oxygen atoms in total. The lowest BCUT2D eigenvalue weighted by molar-refractivity contribution is -0.114. The number of ether oxygens (including phenoxy) is 2. The summed E-state index contributed by atoms with van der Waals surface area (Å²) in [5.41, 5.74) is 2.06. The highest BCUT2D eigenvalue weighted by molar-refractivity contribution is 6.32. The van der Waals surface area contributed by atoms with Gasteiger partial charge in [-0.3, -0.25) is 9.69 Å². The average Bonchev–Trinajstić information content (AvgIpc) is 2.64. The van der Waals surface area contributed by atoms with Gasteiger partial charge in [0.1, 0.15) is 18.0 Å². The molecule has 0 spiro atoms. The van der Waals surface area contributed by atoms with E-state index in [1.807, 2.05) is 24.3 Å². The van der Waals surface area contributed by atoms with E-state index in [0.717, 1.165) is 5.56 Å². The van der Waals surface area contributed by atoms with Crippen molar-refractivity contribution in [2.75, 3.05) is 31.0 Å².